The lowest BCUT2D eigenvalue weighted by Gasteiger charge is -2.06. The molecule has 4 heteroatoms. The molecule has 0 heterocycles. The number of carboxylic acids is 1. The summed E-state index contributed by atoms with van der Waals surface area (Å²) in [7, 11) is 0. The van der Waals surface area contributed by atoms with Gasteiger partial charge in [-0.3, -0.25) is 4.79 Å². The Balaban J connectivity index is 2.27. The third-order valence-electron chi connectivity index (χ3n) is 3.17. The molecule has 0 saturated heterocycles. The first-order valence-electron chi connectivity index (χ1n) is 7.22. The molecule has 0 radical (unpaired) electrons. The fourth-order valence-electron chi connectivity index (χ4n) is 1.99. The van der Waals surface area contributed by atoms with Crippen LogP contribution >= 0.6 is 0 Å². The van der Waals surface area contributed by atoms with Gasteiger partial charge in [-0.2, -0.15) is 0 Å². The van der Waals surface area contributed by atoms with E-state index in [4.69, 9.17) is 5.11 Å². The average Bonchev–Trinajstić information content (AvgIpc) is 2.45. The van der Waals surface area contributed by atoms with Crippen molar-refractivity contribution in [2.75, 3.05) is 0 Å². The first kappa shape index (κ1) is 16.2. The Hall–Kier alpha value is -1.84. The molecule has 0 atom stereocenters. The molecule has 0 saturated carbocycles. The topological polar surface area (TPSA) is 66.4 Å². The lowest BCUT2D eigenvalue weighted by atomic mass is 10.1. The van der Waals surface area contributed by atoms with Crippen LogP contribution < -0.4 is 5.32 Å². The highest BCUT2D eigenvalue weighted by molar-refractivity contribution is 5.87. The number of amides is 1. The molecule has 1 rings (SSSR count). The zero-order valence-corrected chi connectivity index (χ0v) is 12.0. The summed E-state index contributed by atoms with van der Waals surface area (Å²) in [5.41, 5.74) is 1.06. The molecule has 2 N–H and O–H groups in total. The van der Waals surface area contributed by atoms with Crippen molar-refractivity contribution in [1.29, 1.82) is 0 Å². The third kappa shape index (κ3) is 6.36. The quantitative estimate of drug-likeness (QED) is 0.680. The molecule has 0 aliphatic carbocycles. The maximum atomic E-state index is 11.6. The van der Waals surface area contributed by atoms with E-state index >= 15 is 0 Å². The standard InChI is InChI=1S/C16H23NO3/c1-2-3-4-5-6-10-15(18)17-12-13-8-7-9-14(11-13)16(19)20/h7-9,11H,2-6,10,12H2,1H3,(H,17,18)(H,19,20). The van der Waals surface area contributed by atoms with E-state index in [1.54, 1.807) is 18.2 Å². The van der Waals surface area contributed by atoms with Gasteiger partial charge in [0, 0.05) is 13.0 Å². The van der Waals surface area contributed by atoms with Crippen LogP contribution in [-0.2, 0) is 11.3 Å². The molecule has 0 aliphatic rings. The van der Waals surface area contributed by atoms with Gasteiger partial charge in [0.25, 0.3) is 0 Å². The van der Waals surface area contributed by atoms with Crippen LogP contribution in [0.25, 0.3) is 0 Å². The lowest BCUT2D eigenvalue weighted by molar-refractivity contribution is -0.121. The van der Waals surface area contributed by atoms with E-state index in [-0.39, 0.29) is 11.5 Å². The molecular formula is C16H23NO3. The van der Waals surface area contributed by atoms with Crippen LogP contribution in [0.15, 0.2) is 24.3 Å². The van der Waals surface area contributed by atoms with Crippen LogP contribution in [0, 0.1) is 0 Å². The number of rotatable bonds is 9. The number of carboxylic acid groups (broad SMARTS) is 1. The van der Waals surface area contributed by atoms with Crippen LogP contribution in [0.4, 0.5) is 0 Å². The summed E-state index contributed by atoms with van der Waals surface area (Å²) in [5.74, 6) is -0.920. The summed E-state index contributed by atoms with van der Waals surface area (Å²) >= 11 is 0. The second kappa shape index (κ2) is 9.13. The van der Waals surface area contributed by atoms with Gasteiger partial charge in [-0.25, -0.2) is 4.79 Å². The summed E-state index contributed by atoms with van der Waals surface area (Å²) in [4.78, 5) is 22.5. The molecule has 0 spiro atoms. The fraction of sp³-hybridized carbons (Fsp3) is 0.500. The summed E-state index contributed by atoms with van der Waals surface area (Å²) in [6, 6.07) is 6.63. The van der Waals surface area contributed by atoms with Crippen LogP contribution in [0.5, 0.6) is 0 Å². The van der Waals surface area contributed by atoms with E-state index in [0.29, 0.717) is 13.0 Å². The van der Waals surface area contributed by atoms with Gasteiger partial charge in [0.15, 0.2) is 0 Å². The Morgan fingerprint density at radius 1 is 1.15 bits per heavy atom. The molecule has 0 aromatic heterocycles. The van der Waals surface area contributed by atoms with Gasteiger partial charge in [0.2, 0.25) is 5.91 Å². The first-order valence-corrected chi connectivity index (χ1v) is 7.22. The molecule has 0 bridgehead atoms. The van der Waals surface area contributed by atoms with Crippen molar-refractivity contribution in [2.45, 2.75) is 52.0 Å². The van der Waals surface area contributed by atoms with Crippen molar-refractivity contribution >= 4 is 11.9 Å². The van der Waals surface area contributed by atoms with E-state index < -0.39 is 5.97 Å². The zero-order valence-electron chi connectivity index (χ0n) is 12.0. The van der Waals surface area contributed by atoms with Gasteiger partial charge in [0.1, 0.15) is 0 Å². The normalized spacial score (nSPS) is 10.2. The van der Waals surface area contributed by atoms with Crippen molar-refractivity contribution in [3.05, 3.63) is 35.4 Å². The van der Waals surface area contributed by atoms with E-state index in [1.165, 1.54) is 19.3 Å². The van der Waals surface area contributed by atoms with Crippen LogP contribution in [0.3, 0.4) is 0 Å². The van der Waals surface area contributed by atoms with Crippen molar-refractivity contribution in [1.82, 2.24) is 5.32 Å². The van der Waals surface area contributed by atoms with Gasteiger partial charge in [-0.1, -0.05) is 44.7 Å². The molecule has 1 aromatic carbocycles. The van der Waals surface area contributed by atoms with E-state index in [2.05, 4.69) is 12.2 Å². The number of hydrogen-bond acceptors (Lipinski definition) is 2. The highest BCUT2D eigenvalue weighted by atomic mass is 16.4. The molecule has 0 aliphatic heterocycles. The number of aromatic carboxylic acids is 1. The Bertz CT molecular complexity index is 443. The van der Waals surface area contributed by atoms with Crippen molar-refractivity contribution in [3.63, 3.8) is 0 Å². The van der Waals surface area contributed by atoms with Crippen LogP contribution in [0.1, 0.15) is 61.4 Å². The largest absolute Gasteiger partial charge is 0.478 e. The van der Waals surface area contributed by atoms with Crippen molar-refractivity contribution in [3.8, 4) is 0 Å². The predicted molar refractivity (Wildman–Crippen MR) is 78.6 cm³/mol. The minimum absolute atomic E-state index is 0.0298. The number of carbonyl (C=O) groups excluding carboxylic acids is 1. The molecule has 1 amide bonds. The minimum atomic E-state index is -0.950. The van der Waals surface area contributed by atoms with Crippen molar-refractivity contribution in [2.24, 2.45) is 0 Å². The van der Waals surface area contributed by atoms with E-state index in [1.807, 2.05) is 6.07 Å². The van der Waals surface area contributed by atoms with Gasteiger partial charge >= 0.3 is 5.97 Å². The van der Waals surface area contributed by atoms with Gasteiger partial charge in [0.05, 0.1) is 5.56 Å². The summed E-state index contributed by atoms with van der Waals surface area (Å²) < 4.78 is 0. The fourth-order valence-corrected chi connectivity index (χ4v) is 1.99. The lowest BCUT2D eigenvalue weighted by Crippen LogP contribution is -2.22. The van der Waals surface area contributed by atoms with Gasteiger partial charge in [-0.15, -0.1) is 0 Å². The molecule has 0 fully saturated rings. The molecule has 1 aromatic rings. The summed E-state index contributed by atoms with van der Waals surface area (Å²) in [6.07, 6.45) is 6.17. The zero-order chi connectivity index (χ0) is 14.8. The molecule has 110 valence electrons. The van der Waals surface area contributed by atoms with Gasteiger partial charge < -0.3 is 10.4 Å². The Morgan fingerprint density at radius 2 is 1.90 bits per heavy atom. The SMILES string of the molecule is CCCCCCCC(=O)NCc1cccc(C(=O)O)c1. The number of hydrogen-bond donors (Lipinski definition) is 2. The summed E-state index contributed by atoms with van der Waals surface area (Å²) in [5, 5.41) is 11.7. The Morgan fingerprint density at radius 3 is 2.60 bits per heavy atom. The molecular weight excluding hydrogens is 254 g/mol. The number of nitrogens with one attached hydrogen (secondary N) is 1. The molecule has 0 unspecified atom stereocenters. The average molecular weight is 277 g/mol. The predicted octanol–water partition coefficient (Wildman–Crippen LogP) is 3.36. The minimum Gasteiger partial charge on any atom is -0.478 e. The van der Waals surface area contributed by atoms with Crippen LogP contribution in [-0.4, -0.2) is 17.0 Å². The second-order valence-electron chi connectivity index (χ2n) is 4.95. The van der Waals surface area contributed by atoms with Crippen LogP contribution in [0.2, 0.25) is 0 Å². The number of unbranched alkanes of at least 4 members (excludes halogenated alkanes) is 4. The highest BCUT2D eigenvalue weighted by Gasteiger charge is 2.05. The first-order chi connectivity index (χ1) is 9.63. The van der Waals surface area contributed by atoms with E-state index in [9.17, 15) is 9.59 Å². The van der Waals surface area contributed by atoms with E-state index in [0.717, 1.165) is 18.4 Å². The maximum Gasteiger partial charge on any atom is 0.335 e. The third-order valence-corrected chi connectivity index (χ3v) is 3.17. The highest BCUT2D eigenvalue weighted by Crippen LogP contribution is 2.07. The number of benzene rings is 1. The van der Waals surface area contributed by atoms with Crippen molar-refractivity contribution < 1.29 is 14.7 Å². The van der Waals surface area contributed by atoms with Gasteiger partial charge in [-0.05, 0) is 24.1 Å². The monoisotopic (exact) mass is 277 g/mol. The smallest absolute Gasteiger partial charge is 0.335 e. The Kier molecular flexibility index (Phi) is 7.40. The molecule has 20 heavy (non-hydrogen) atoms. The molecule has 4 nitrogen and oxygen atoms in total. The second-order valence-corrected chi connectivity index (χ2v) is 4.95. The Labute approximate surface area is 120 Å². The number of carbonyl (C=O) groups is 2. The summed E-state index contributed by atoms with van der Waals surface area (Å²) in [6.45, 7) is 2.55. The maximum absolute atomic E-state index is 11.6.